The van der Waals surface area contributed by atoms with Gasteiger partial charge in [0.25, 0.3) is 0 Å². The largest absolute Gasteiger partial charge is 0.383 e. The summed E-state index contributed by atoms with van der Waals surface area (Å²) in [5, 5.41) is 0. The summed E-state index contributed by atoms with van der Waals surface area (Å²) in [5.41, 5.74) is 5.98. The molecule has 88 valence electrons. The predicted molar refractivity (Wildman–Crippen MR) is 59.4 cm³/mol. The van der Waals surface area contributed by atoms with Gasteiger partial charge in [-0.25, -0.2) is 0 Å². The highest BCUT2D eigenvalue weighted by Crippen LogP contribution is 2.52. The van der Waals surface area contributed by atoms with Crippen LogP contribution in [0.1, 0.15) is 20.3 Å². The maximum Gasteiger partial charge on any atom is 0.226 e. The van der Waals surface area contributed by atoms with Gasteiger partial charge in [-0.05, 0) is 11.8 Å². The van der Waals surface area contributed by atoms with Crippen molar-refractivity contribution in [1.82, 2.24) is 4.90 Å². The molecule has 1 aliphatic rings. The zero-order valence-corrected chi connectivity index (χ0v) is 10.1. The minimum Gasteiger partial charge on any atom is -0.383 e. The Morgan fingerprint density at radius 1 is 1.67 bits per heavy atom. The van der Waals surface area contributed by atoms with E-state index in [-0.39, 0.29) is 23.3 Å². The number of amides is 1. The number of nitrogens with two attached hydrogens (primary N) is 1. The molecule has 0 radical (unpaired) electrons. The van der Waals surface area contributed by atoms with Gasteiger partial charge in [0, 0.05) is 32.7 Å². The Morgan fingerprint density at radius 2 is 2.20 bits per heavy atom. The van der Waals surface area contributed by atoms with Crippen LogP contribution in [0.3, 0.4) is 0 Å². The number of ether oxygens (including phenoxy) is 1. The fraction of sp³-hybridized carbons (Fsp3) is 0.909. The van der Waals surface area contributed by atoms with E-state index in [2.05, 4.69) is 13.8 Å². The third-order valence-electron chi connectivity index (χ3n) is 3.08. The smallest absolute Gasteiger partial charge is 0.226 e. The lowest BCUT2D eigenvalue weighted by Gasteiger charge is -2.21. The molecule has 0 saturated heterocycles. The van der Waals surface area contributed by atoms with Crippen molar-refractivity contribution in [2.75, 3.05) is 27.3 Å². The lowest BCUT2D eigenvalue weighted by Crippen LogP contribution is -2.42. The summed E-state index contributed by atoms with van der Waals surface area (Å²) in [7, 11) is 3.43. The van der Waals surface area contributed by atoms with Crippen molar-refractivity contribution in [3.63, 3.8) is 0 Å². The Balaban J connectivity index is 2.34. The zero-order valence-electron chi connectivity index (χ0n) is 10.1. The fourth-order valence-electron chi connectivity index (χ4n) is 1.86. The minimum absolute atomic E-state index is 0.0918. The van der Waals surface area contributed by atoms with E-state index in [9.17, 15) is 4.79 Å². The van der Waals surface area contributed by atoms with Crippen LogP contribution in [0.5, 0.6) is 0 Å². The summed E-state index contributed by atoms with van der Waals surface area (Å²) in [5.74, 6) is 0.406. The summed E-state index contributed by atoms with van der Waals surface area (Å²) in [6.45, 7) is 5.31. The number of rotatable bonds is 5. The van der Waals surface area contributed by atoms with E-state index in [1.54, 1.807) is 12.0 Å². The van der Waals surface area contributed by atoms with Crippen LogP contribution in [0, 0.1) is 11.3 Å². The topological polar surface area (TPSA) is 55.6 Å². The number of hydrogen-bond acceptors (Lipinski definition) is 3. The Labute approximate surface area is 91.8 Å². The van der Waals surface area contributed by atoms with Gasteiger partial charge in [-0.3, -0.25) is 4.79 Å². The lowest BCUT2D eigenvalue weighted by atomic mass is 10.1. The highest BCUT2D eigenvalue weighted by Gasteiger charge is 2.51. The van der Waals surface area contributed by atoms with Crippen LogP contribution in [0.2, 0.25) is 0 Å². The average Bonchev–Trinajstić information content (AvgIpc) is 2.74. The van der Waals surface area contributed by atoms with Crippen molar-refractivity contribution >= 4 is 5.91 Å². The van der Waals surface area contributed by atoms with Crippen molar-refractivity contribution in [1.29, 1.82) is 0 Å². The number of nitrogens with zero attached hydrogens (tertiary/aromatic N) is 1. The molecule has 2 atom stereocenters. The molecule has 0 aromatic carbocycles. The number of carbonyl (C=O) groups excluding carboxylic acids is 1. The molecule has 0 bridgehead atoms. The average molecular weight is 214 g/mol. The number of methoxy groups -OCH3 is 1. The van der Waals surface area contributed by atoms with Crippen LogP contribution >= 0.6 is 0 Å². The maximum absolute atomic E-state index is 11.9. The first-order valence-electron chi connectivity index (χ1n) is 5.38. The van der Waals surface area contributed by atoms with Gasteiger partial charge >= 0.3 is 0 Å². The molecule has 1 saturated carbocycles. The van der Waals surface area contributed by atoms with E-state index < -0.39 is 0 Å². The van der Waals surface area contributed by atoms with Gasteiger partial charge in [0.15, 0.2) is 0 Å². The number of carbonyl (C=O) groups is 1. The van der Waals surface area contributed by atoms with Gasteiger partial charge in [-0.2, -0.15) is 0 Å². The van der Waals surface area contributed by atoms with Crippen molar-refractivity contribution < 1.29 is 9.53 Å². The molecule has 0 spiro atoms. The molecular weight excluding hydrogens is 192 g/mol. The molecule has 0 aromatic rings. The van der Waals surface area contributed by atoms with Crippen LogP contribution in [-0.4, -0.2) is 44.2 Å². The first-order valence-corrected chi connectivity index (χ1v) is 5.38. The molecule has 1 aliphatic carbocycles. The van der Waals surface area contributed by atoms with Gasteiger partial charge in [-0.15, -0.1) is 0 Å². The SMILES string of the molecule is COCC(N)CN(C)C(=O)C1CC1(C)C. The second-order valence-electron chi connectivity index (χ2n) is 5.18. The monoisotopic (exact) mass is 214 g/mol. The number of hydrogen-bond donors (Lipinski definition) is 1. The molecule has 0 aromatic heterocycles. The predicted octanol–water partition coefficient (Wildman–Crippen LogP) is 0.465. The van der Waals surface area contributed by atoms with Crippen LogP contribution in [-0.2, 0) is 9.53 Å². The Bertz CT molecular complexity index is 241. The summed E-state index contributed by atoms with van der Waals surface area (Å²) in [4.78, 5) is 13.6. The Hall–Kier alpha value is -0.610. The van der Waals surface area contributed by atoms with Gasteiger partial charge in [0.2, 0.25) is 5.91 Å². The summed E-state index contributed by atoms with van der Waals surface area (Å²) < 4.78 is 4.94. The van der Waals surface area contributed by atoms with Crippen LogP contribution in [0.15, 0.2) is 0 Å². The van der Waals surface area contributed by atoms with Crippen LogP contribution < -0.4 is 5.73 Å². The van der Waals surface area contributed by atoms with Crippen molar-refractivity contribution in [3.05, 3.63) is 0 Å². The molecule has 1 amide bonds. The van der Waals surface area contributed by atoms with Crippen molar-refractivity contribution in [2.24, 2.45) is 17.1 Å². The van der Waals surface area contributed by atoms with E-state index in [0.717, 1.165) is 6.42 Å². The van der Waals surface area contributed by atoms with E-state index in [0.29, 0.717) is 13.2 Å². The second-order valence-corrected chi connectivity index (χ2v) is 5.18. The van der Waals surface area contributed by atoms with E-state index in [4.69, 9.17) is 10.5 Å². The van der Waals surface area contributed by atoms with E-state index in [1.165, 1.54) is 0 Å². The summed E-state index contributed by atoms with van der Waals surface area (Å²) in [6.07, 6.45) is 0.996. The normalized spacial score (nSPS) is 24.7. The van der Waals surface area contributed by atoms with Gasteiger partial charge in [0.1, 0.15) is 0 Å². The van der Waals surface area contributed by atoms with Gasteiger partial charge in [-0.1, -0.05) is 13.8 Å². The highest BCUT2D eigenvalue weighted by atomic mass is 16.5. The van der Waals surface area contributed by atoms with E-state index >= 15 is 0 Å². The zero-order chi connectivity index (χ0) is 11.6. The molecule has 1 rings (SSSR count). The molecular formula is C11H22N2O2. The van der Waals surface area contributed by atoms with Gasteiger partial charge in [0.05, 0.1) is 6.61 Å². The minimum atomic E-state index is -0.0918. The summed E-state index contributed by atoms with van der Waals surface area (Å²) in [6, 6.07) is -0.0918. The van der Waals surface area contributed by atoms with Crippen molar-refractivity contribution in [3.8, 4) is 0 Å². The third kappa shape index (κ3) is 3.18. The standard InChI is InChI=1S/C11H22N2O2/c1-11(2)5-9(11)10(14)13(3)6-8(12)7-15-4/h8-9H,5-7,12H2,1-4H3. The Kier molecular flexibility index (Phi) is 3.73. The Morgan fingerprint density at radius 3 is 2.60 bits per heavy atom. The first kappa shape index (κ1) is 12.5. The number of likely N-dealkylation sites (N-methyl/N-ethyl adjacent to an activating group) is 1. The highest BCUT2D eigenvalue weighted by molar-refractivity contribution is 5.82. The molecule has 2 unspecified atom stereocenters. The molecule has 2 N–H and O–H groups in total. The molecule has 0 heterocycles. The first-order chi connectivity index (χ1) is 6.88. The van der Waals surface area contributed by atoms with Crippen molar-refractivity contribution in [2.45, 2.75) is 26.3 Å². The molecule has 15 heavy (non-hydrogen) atoms. The summed E-state index contributed by atoms with van der Waals surface area (Å²) >= 11 is 0. The molecule has 4 nitrogen and oxygen atoms in total. The van der Waals surface area contributed by atoms with Gasteiger partial charge < -0.3 is 15.4 Å². The van der Waals surface area contributed by atoms with Crippen LogP contribution in [0.25, 0.3) is 0 Å². The molecule has 1 fully saturated rings. The second kappa shape index (κ2) is 4.49. The third-order valence-corrected chi connectivity index (χ3v) is 3.08. The maximum atomic E-state index is 11.9. The fourth-order valence-corrected chi connectivity index (χ4v) is 1.86. The lowest BCUT2D eigenvalue weighted by molar-refractivity contribution is -0.132. The molecule has 0 aliphatic heterocycles. The molecule has 4 heteroatoms. The van der Waals surface area contributed by atoms with E-state index in [1.807, 2.05) is 7.05 Å². The quantitative estimate of drug-likeness (QED) is 0.723. The van der Waals surface area contributed by atoms with Crippen LogP contribution in [0.4, 0.5) is 0 Å².